The highest BCUT2D eigenvalue weighted by Crippen LogP contribution is 2.34. The van der Waals surface area contributed by atoms with Crippen LogP contribution in [0.5, 0.6) is 0 Å². The Morgan fingerprint density at radius 2 is 2.16 bits per heavy atom. The predicted octanol–water partition coefficient (Wildman–Crippen LogP) is 0.788. The van der Waals surface area contributed by atoms with Crippen molar-refractivity contribution < 1.29 is 9.18 Å². The van der Waals surface area contributed by atoms with E-state index >= 15 is 0 Å². The third kappa shape index (κ3) is 2.84. The van der Waals surface area contributed by atoms with Crippen LogP contribution in [0.25, 0.3) is 0 Å². The standard InChI is InChI=1S/C13H17FN4O/c14-11-7-10(11)13(19)17-12-2-1-9(8-16-12)18-5-3-15-4-6-18/h1-2,8,10-11,15H,3-7H2,(H,16,17,19)/t10-,11-/m1/s1. The number of hydrogen-bond acceptors (Lipinski definition) is 4. The number of carbonyl (C=O) groups excluding carboxylic acids is 1. The minimum absolute atomic E-state index is 0.269. The van der Waals surface area contributed by atoms with Gasteiger partial charge in [-0.2, -0.15) is 0 Å². The van der Waals surface area contributed by atoms with Gasteiger partial charge in [-0.3, -0.25) is 4.79 Å². The van der Waals surface area contributed by atoms with Gasteiger partial charge in [0.05, 0.1) is 17.8 Å². The number of rotatable bonds is 3. The second kappa shape index (κ2) is 5.13. The summed E-state index contributed by atoms with van der Waals surface area (Å²) in [6.07, 6.45) is 1.12. The summed E-state index contributed by atoms with van der Waals surface area (Å²) >= 11 is 0. The van der Waals surface area contributed by atoms with Gasteiger partial charge in [0.25, 0.3) is 0 Å². The van der Waals surface area contributed by atoms with E-state index in [1.165, 1.54) is 0 Å². The third-order valence-corrected chi connectivity index (χ3v) is 3.53. The van der Waals surface area contributed by atoms with Gasteiger partial charge in [0, 0.05) is 26.2 Å². The Bertz CT molecular complexity index is 458. The van der Waals surface area contributed by atoms with E-state index in [9.17, 15) is 9.18 Å². The first-order chi connectivity index (χ1) is 9.24. The van der Waals surface area contributed by atoms with Crippen molar-refractivity contribution >= 4 is 17.4 Å². The molecule has 2 atom stereocenters. The number of carbonyl (C=O) groups is 1. The molecule has 0 bridgehead atoms. The lowest BCUT2D eigenvalue weighted by Crippen LogP contribution is -2.43. The smallest absolute Gasteiger partial charge is 0.231 e. The van der Waals surface area contributed by atoms with Gasteiger partial charge in [0.15, 0.2) is 0 Å². The predicted molar refractivity (Wildman–Crippen MR) is 71.0 cm³/mol. The monoisotopic (exact) mass is 264 g/mol. The van der Waals surface area contributed by atoms with Crippen molar-refractivity contribution in [1.29, 1.82) is 0 Å². The van der Waals surface area contributed by atoms with Gasteiger partial charge in [-0.15, -0.1) is 0 Å². The lowest BCUT2D eigenvalue weighted by Gasteiger charge is -2.29. The van der Waals surface area contributed by atoms with Crippen LogP contribution in [0.1, 0.15) is 6.42 Å². The van der Waals surface area contributed by atoms with Crippen molar-refractivity contribution in [2.45, 2.75) is 12.6 Å². The first kappa shape index (κ1) is 12.3. The Labute approximate surface area is 111 Å². The summed E-state index contributed by atoms with van der Waals surface area (Å²) in [6, 6.07) is 3.71. The first-order valence-electron chi connectivity index (χ1n) is 6.61. The van der Waals surface area contributed by atoms with Crippen LogP contribution in [0, 0.1) is 5.92 Å². The van der Waals surface area contributed by atoms with E-state index in [-0.39, 0.29) is 5.91 Å². The van der Waals surface area contributed by atoms with Gasteiger partial charge in [-0.05, 0) is 18.6 Å². The summed E-state index contributed by atoms with van der Waals surface area (Å²) in [6.45, 7) is 3.86. The first-order valence-corrected chi connectivity index (χ1v) is 6.61. The molecule has 1 saturated heterocycles. The normalized spacial score (nSPS) is 26.1. The summed E-state index contributed by atoms with van der Waals surface area (Å²) in [5.74, 6) is -0.257. The van der Waals surface area contributed by atoms with Crippen LogP contribution in [0.3, 0.4) is 0 Å². The zero-order chi connectivity index (χ0) is 13.2. The maximum Gasteiger partial charge on any atom is 0.231 e. The molecule has 19 heavy (non-hydrogen) atoms. The van der Waals surface area contributed by atoms with Gasteiger partial charge < -0.3 is 15.5 Å². The van der Waals surface area contributed by atoms with Crippen LogP contribution in [-0.4, -0.2) is 43.2 Å². The molecule has 1 amide bonds. The van der Waals surface area contributed by atoms with Crippen molar-refractivity contribution in [2.24, 2.45) is 5.92 Å². The maximum absolute atomic E-state index is 12.7. The summed E-state index contributed by atoms with van der Waals surface area (Å²) in [5, 5.41) is 5.93. The highest BCUT2D eigenvalue weighted by Gasteiger charge is 2.43. The van der Waals surface area contributed by atoms with Crippen LogP contribution < -0.4 is 15.5 Å². The van der Waals surface area contributed by atoms with Crippen LogP contribution in [0.2, 0.25) is 0 Å². The lowest BCUT2D eigenvalue weighted by molar-refractivity contribution is -0.117. The zero-order valence-electron chi connectivity index (χ0n) is 10.6. The number of anilines is 2. The van der Waals surface area contributed by atoms with Crippen LogP contribution in [-0.2, 0) is 4.79 Å². The van der Waals surface area contributed by atoms with Crippen molar-refractivity contribution in [1.82, 2.24) is 10.3 Å². The zero-order valence-corrected chi connectivity index (χ0v) is 10.6. The van der Waals surface area contributed by atoms with Crippen molar-refractivity contribution in [2.75, 3.05) is 36.4 Å². The summed E-state index contributed by atoms with van der Waals surface area (Å²) in [7, 11) is 0. The lowest BCUT2D eigenvalue weighted by atomic mass is 10.3. The SMILES string of the molecule is O=C(Nc1ccc(N2CCNCC2)cn1)[C@@H]1C[C@H]1F. The van der Waals surface area contributed by atoms with Crippen molar-refractivity contribution in [3.63, 3.8) is 0 Å². The van der Waals surface area contributed by atoms with Gasteiger partial charge >= 0.3 is 0 Å². The Morgan fingerprint density at radius 1 is 1.42 bits per heavy atom. The Hall–Kier alpha value is -1.69. The van der Waals surface area contributed by atoms with E-state index in [4.69, 9.17) is 0 Å². The van der Waals surface area contributed by atoms with E-state index < -0.39 is 12.1 Å². The molecule has 0 unspecified atom stereocenters. The Balaban J connectivity index is 1.60. The van der Waals surface area contributed by atoms with Gasteiger partial charge in [0.1, 0.15) is 12.0 Å². The van der Waals surface area contributed by atoms with Crippen LogP contribution in [0.15, 0.2) is 18.3 Å². The molecule has 0 spiro atoms. The largest absolute Gasteiger partial charge is 0.368 e. The number of hydrogen-bond donors (Lipinski definition) is 2. The fourth-order valence-electron chi connectivity index (χ4n) is 2.22. The highest BCUT2D eigenvalue weighted by molar-refractivity contribution is 5.94. The van der Waals surface area contributed by atoms with Gasteiger partial charge in [-0.1, -0.05) is 0 Å². The molecule has 5 nitrogen and oxygen atoms in total. The number of nitrogens with zero attached hydrogens (tertiary/aromatic N) is 2. The molecule has 2 N–H and O–H groups in total. The van der Waals surface area contributed by atoms with Gasteiger partial charge in [0.2, 0.25) is 5.91 Å². The van der Waals surface area contributed by atoms with Crippen molar-refractivity contribution in [3.8, 4) is 0 Å². The quantitative estimate of drug-likeness (QED) is 0.847. The van der Waals surface area contributed by atoms with E-state index in [2.05, 4.69) is 20.5 Å². The minimum atomic E-state index is -0.972. The van der Waals surface area contributed by atoms with E-state index in [0.29, 0.717) is 12.2 Å². The second-order valence-electron chi connectivity index (χ2n) is 4.99. The molecular weight excluding hydrogens is 247 g/mol. The van der Waals surface area contributed by atoms with E-state index in [1.54, 1.807) is 12.3 Å². The fraction of sp³-hybridized carbons (Fsp3) is 0.538. The molecule has 0 aromatic carbocycles. The molecule has 1 aromatic heterocycles. The molecule has 6 heteroatoms. The molecule has 3 rings (SSSR count). The van der Waals surface area contributed by atoms with E-state index in [0.717, 1.165) is 31.9 Å². The number of aromatic nitrogens is 1. The Morgan fingerprint density at radius 3 is 2.74 bits per heavy atom. The molecule has 2 fully saturated rings. The summed E-state index contributed by atoms with van der Waals surface area (Å²) < 4.78 is 12.7. The van der Waals surface area contributed by atoms with Crippen molar-refractivity contribution in [3.05, 3.63) is 18.3 Å². The molecule has 0 radical (unpaired) electrons. The average molecular weight is 264 g/mol. The fourth-order valence-corrected chi connectivity index (χ4v) is 2.22. The molecule has 1 saturated carbocycles. The number of pyridine rings is 1. The molecule has 1 aliphatic heterocycles. The number of alkyl halides is 1. The number of amides is 1. The maximum atomic E-state index is 12.7. The van der Waals surface area contributed by atoms with Gasteiger partial charge in [-0.25, -0.2) is 9.37 Å². The third-order valence-electron chi connectivity index (χ3n) is 3.53. The molecule has 102 valence electrons. The topological polar surface area (TPSA) is 57.3 Å². The number of halogens is 1. The van der Waals surface area contributed by atoms with E-state index in [1.807, 2.05) is 6.07 Å². The molecule has 1 aromatic rings. The molecule has 1 aliphatic carbocycles. The second-order valence-corrected chi connectivity index (χ2v) is 4.99. The highest BCUT2D eigenvalue weighted by atomic mass is 19.1. The molecular formula is C13H17FN4O. The Kier molecular flexibility index (Phi) is 3.33. The average Bonchev–Trinajstić information content (AvgIpc) is 3.18. The van der Waals surface area contributed by atoms with Crippen LogP contribution in [0.4, 0.5) is 15.9 Å². The minimum Gasteiger partial charge on any atom is -0.368 e. The number of piperazine rings is 1. The van der Waals surface area contributed by atoms with Crippen LogP contribution >= 0.6 is 0 Å². The summed E-state index contributed by atoms with van der Waals surface area (Å²) in [4.78, 5) is 18.0. The summed E-state index contributed by atoms with van der Waals surface area (Å²) in [5.41, 5.74) is 1.05. The number of nitrogens with one attached hydrogen (secondary N) is 2. The molecule has 2 aliphatic rings. The molecule has 2 heterocycles.